The molecule has 2 aliphatic heterocycles. The molecule has 2 saturated heterocycles. The first-order chi connectivity index (χ1) is 17.9. The summed E-state index contributed by atoms with van der Waals surface area (Å²) < 4.78 is 5.21. The van der Waals surface area contributed by atoms with Crippen molar-refractivity contribution in [1.82, 2.24) is 15.1 Å². The Morgan fingerprint density at radius 2 is 1.66 bits per heavy atom. The molecule has 2 heterocycles. The number of rotatable bonds is 7. The summed E-state index contributed by atoms with van der Waals surface area (Å²) in [6.45, 7) is 8.78. The second-order valence-electron chi connectivity index (χ2n) is 11.3. The molecule has 0 bridgehead atoms. The Hall–Kier alpha value is -3.52. The van der Waals surface area contributed by atoms with Crippen LogP contribution in [-0.2, 0) is 31.0 Å². The highest BCUT2D eigenvalue weighted by Gasteiger charge is 2.68. The lowest BCUT2D eigenvalue weighted by Crippen LogP contribution is -2.59. The van der Waals surface area contributed by atoms with Gasteiger partial charge in [0.15, 0.2) is 0 Å². The maximum atomic E-state index is 13.5. The number of ether oxygens (including phenoxy) is 1. The van der Waals surface area contributed by atoms with E-state index in [1.807, 2.05) is 61.5 Å². The molecule has 2 aromatic carbocycles. The predicted octanol–water partition coefficient (Wildman–Crippen LogP) is 2.80. The van der Waals surface area contributed by atoms with Gasteiger partial charge in [-0.05, 0) is 35.6 Å². The van der Waals surface area contributed by atoms with Gasteiger partial charge in [0.05, 0.1) is 18.9 Å². The Kier molecular flexibility index (Phi) is 7.48. The number of hydrogen-bond acceptors (Lipinski definition) is 6. The van der Waals surface area contributed by atoms with E-state index in [-0.39, 0.29) is 30.2 Å². The molecule has 0 radical (unpaired) electrons. The molecule has 0 aromatic heterocycles. The molecule has 38 heavy (non-hydrogen) atoms. The number of fused-ring (bicyclic) bond motifs is 1. The molecule has 2 aromatic rings. The third kappa shape index (κ3) is 4.73. The van der Waals surface area contributed by atoms with Crippen molar-refractivity contribution < 1.29 is 23.9 Å². The summed E-state index contributed by atoms with van der Waals surface area (Å²) in [7, 11) is 2.73. The smallest absolute Gasteiger partial charge is 0.327 e. The van der Waals surface area contributed by atoms with Gasteiger partial charge in [-0.2, -0.15) is 0 Å². The largest absolute Gasteiger partial charge is 0.468 e. The van der Waals surface area contributed by atoms with Crippen LogP contribution in [0.15, 0.2) is 54.6 Å². The minimum absolute atomic E-state index is 0.0355. The van der Waals surface area contributed by atoms with Gasteiger partial charge >= 0.3 is 5.97 Å². The average molecular weight is 520 g/mol. The molecule has 2 aliphatic rings. The van der Waals surface area contributed by atoms with Gasteiger partial charge < -0.3 is 9.64 Å². The van der Waals surface area contributed by atoms with Crippen LogP contribution >= 0.6 is 0 Å². The van der Waals surface area contributed by atoms with E-state index in [1.54, 1.807) is 4.90 Å². The molecule has 0 spiro atoms. The van der Waals surface area contributed by atoms with E-state index in [4.69, 9.17) is 4.74 Å². The summed E-state index contributed by atoms with van der Waals surface area (Å²) in [6.07, 6.45) is 0.180. The number of amides is 3. The van der Waals surface area contributed by atoms with Crippen LogP contribution in [0.25, 0.3) is 0 Å². The van der Waals surface area contributed by atoms with Crippen LogP contribution in [0.5, 0.6) is 0 Å². The van der Waals surface area contributed by atoms with E-state index >= 15 is 0 Å². The van der Waals surface area contributed by atoms with E-state index in [2.05, 4.69) is 26.1 Å². The van der Waals surface area contributed by atoms with E-state index in [0.717, 1.165) is 16.0 Å². The van der Waals surface area contributed by atoms with Gasteiger partial charge in [-0.1, -0.05) is 63.2 Å². The molecule has 1 N–H and O–H groups in total. The molecule has 3 amide bonds. The highest BCUT2D eigenvalue weighted by Crippen LogP contribution is 2.45. The summed E-state index contributed by atoms with van der Waals surface area (Å²) in [4.78, 5) is 56.3. The van der Waals surface area contributed by atoms with Gasteiger partial charge in [0.1, 0.15) is 5.54 Å². The van der Waals surface area contributed by atoms with E-state index in [9.17, 15) is 19.2 Å². The number of nitrogens with one attached hydrogen (secondary N) is 1. The standard InChI is InChI=1S/C30H37N3O5/c1-7-33(25(34)20-13-15-21(16-14-20)29(2,3)4)18-22-23-24(27(36)32(5)26(23)35)30(31-22,28(37)38-6)17-19-11-9-8-10-12-19/h8-16,22-24,31H,7,17-18H2,1-6H3/t22-,23+,24-,30-/m1/s1. The lowest BCUT2D eigenvalue weighted by molar-refractivity contribution is -0.153. The van der Waals surface area contributed by atoms with Crippen molar-refractivity contribution >= 4 is 23.7 Å². The van der Waals surface area contributed by atoms with Crippen LogP contribution in [0.4, 0.5) is 0 Å². The molecule has 8 nitrogen and oxygen atoms in total. The van der Waals surface area contributed by atoms with Crippen LogP contribution < -0.4 is 5.32 Å². The molecule has 202 valence electrons. The average Bonchev–Trinajstić information content (AvgIpc) is 3.35. The Morgan fingerprint density at radius 1 is 1.03 bits per heavy atom. The van der Waals surface area contributed by atoms with Gasteiger partial charge in [-0.3, -0.25) is 29.4 Å². The quantitative estimate of drug-likeness (QED) is 0.447. The lowest BCUT2D eigenvalue weighted by Gasteiger charge is -2.33. The van der Waals surface area contributed by atoms with Gasteiger partial charge in [0.2, 0.25) is 11.8 Å². The first-order valence-electron chi connectivity index (χ1n) is 13.1. The summed E-state index contributed by atoms with van der Waals surface area (Å²) in [5.41, 5.74) is 1.04. The molecular weight excluding hydrogens is 482 g/mol. The van der Waals surface area contributed by atoms with Crippen LogP contribution in [0.1, 0.15) is 49.2 Å². The van der Waals surface area contributed by atoms with Crippen molar-refractivity contribution in [3.8, 4) is 0 Å². The highest BCUT2D eigenvalue weighted by atomic mass is 16.5. The molecule has 4 rings (SSSR count). The molecular formula is C30H37N3O5. The number of nitrogens with zero attached hydrogens (tertiary/aromatic N) is 2. The van der Waals surface area contributed by atoms with Crippen molar-refractivity contribution in [2.75, 3.05) is 27.2 Å². The number of hydrogen-bond donors (Lipinski definition) is 1. The van der Waals surface area contributed by atoms with Crippen molar-refractivity contribution in [3.05, 3.63) is 71.3 Å². The molecule has 0 saturated carbocycles. The maximum absolute atomic E-state index is 13.5. The zero-order chi connectivity index (χ0) is 27.8. The number of likely N-dealkylation sites (N-methyl/N-ethyl adjacent to an activating group) is 1. The molecule has 2 fully saturated rings. The van der Waals surface area contributed by atoms with Crippen LogP contribution in [0.2, 0.25) is 0 Å². The van der Waals surface area contributed by atoms with Crippen LogP contribution in [0.3, 0.4) is 0 Å². The Bertz CT molecular complexity index is 1220. The minimum Gasteiger partial charge on any atom is -0.468 e. The summed E-state index contributed by atoms with van der Waals surface area (Å²) in [5, 5.41) is 3.35. The third-order valence-corrected chi connectivity index (χ3v) is 7.94. The highest BCUT2D eigenvalue weighted by molar-refractivity contribution is 6.09. The SMILES string of the molecule is CCN(C[C@H]1N[C@@](Cc2ccccc2)(C(=O)OC)[C@H]2C(=O)N(C)C(=O)[C@@H]12)C(=O)c1ccc(C(C)(C)C)cc1. The Labute approximate surface area is 224 Å². The molecule has 8 heteroatoms. The Morgan fingerprint density at radius 3 is 2.21 bits per heavy atom. The fraction of sp³-hybridized carbons (Fsp3) is 0.467. The number of imide groups is 1. The van der Waals surface area contributed by atoms with Crippen molar-refractivity contribution in [3.63, 3.8) is 0 Å². The topological polar surface area (TPSA) is 96.0 Å². The number of likely N-dealkylation sites (tertiary alicyclic amines) is 1. The minimum atomic E-state index is -1.43. The second kappa shape index (κ2) is 10.3. The molecule has 4 atom stereocenters. The van der Waals surface area contributed by atoms with Gasteiger partial charge in [0.25, 0.3) is 5.91 Å². The second-order valence-corrected chi connectivity index (χ2v) is 11.3. The van der Waals surface area contributed by atoms with E-state index in [0.29, 0.717) is 12.1 Å². The zero-order valence-corrected chi connectivity index (χ0v) is 23.0. The third-order valence-electron chi connectivity index (χ3n) is 7.94. The first-order valence-corrected chi connectivity index (χ1v) is 13.1. The van der Waals surface area contributed by atoms with Gasteiger partial charge in [-0.25, -0.2) is 0 Å². The number of esters is 1. The number of methoxy groups -OCH3 is 1. The van der Waals surface area contributed by atoms with Gasteiger partial charge in [-0.15, -0.1) is 0 Å². The monoisotopic (exact) mass is 519 g/mol. The van der Waals surface area contributed by atoms with E-state index < -0.39 is 35.3 Å². The summed E-state index contributed by atoms with van der Waals surface area (Å²) >= 11 is 0. The fourth-order valence-corrected chi connectivity index (χ4v) is 5.84. The lowest BCUT2D eigenvalue weighted by atomic mass is 9.76. The summed E-state index contributed by atoms with van der Waals surface area (Å²) in [6, 6.07) is 16.3. The first kappa shape index (κ1) is 27.5. The number of carbonyl (C=O) groups excluding carboxylic acids is 4. The summed E-state index contributed by atoms with van der Waals surface area (Å²) in [5.74, 6) is -3.26. The maximum Gasteiger partial charge on any atom is 0.327 e. The normalized spacial score (nSPS) is 24.9. The van der Waals surface area contributed by atoms with Gasteiger partial charge in [0, 0.05) is 38.2 Å². The van der Waals surface area contributed by atoms with Crippen LogP contribution in [0, 0.1) is 11.8 Å². The Balaban J connectivity index is 1.67. The van der Waals surface area contributed by atoms with Crippen molar-refractivity contribution in [1.29, 1.82) is 0 Å². The molecule has 0 unspecified atom stereocenters. The van der Waals surface area contributed by atoms with Crippen molar-refractivity contribution in [2.24, 2.45) is 11.8 Å². The molecule has 0 aliphatic carbocycles. The number of benzene rings is 2. The van der Waals surface area contributed by atoms with Crippen LogP contribution in [-0.4, -0.2) is 72.3 Å². The fourth-order valence-electron chi connectivity index (χ4n) is 5.84. The van der Waals surface area contributed by atoms with Crippen molar-refractivity contribution in [2.45, 2.75) is 51.1 Å². The van der Waals surface area contributed by atoms with E-state index in [1.165, 1.54) is 14.2 Å². The predicted molar refractivity (Wildman–Crippen MR) is 143 cm³/mol. The zero-order valence-electron chi connectivity index (χ0n) is 23.0. The number of carbonyl (C=O) groups is 4.